The van der Waals surface area contributed by atoms with Crippen LogP contribution in [0.3, 0.4) is 0 Å². The Labute approximate surface area is 126 Å². The molecular weight excluding hydrogens is 266 g/mol. The maximum Gasteiger partial charge on any atom is 0.313 e. The molecule has 5 heteroatoms. The van der Waals surface area contributed by atoms with Crippen LogP contribution in [0.4, 0.5) is 5.69 Å². The van der Waals surface area contributed by atoms with Gasteiger partial charge < -0.3 is 15.5 Å². The van der Waals surface area contributed by atoms with Crippen LogP contribution in [0.5, 0.6) is 0 Å². The van der Waals surface area contributed by atoms with Crippen LogP contribution >= 0.6 is 0 Å². The molecule has 2 N–H and O–H groups in total. The van der Waals surface area contributed by atoms with Gasteiger partial charge in [0.05, 0.1) is 0 Å². The number of nitrogens with one attached hydrogen (secondary N) is 2. The minimum Gasteiger partial charge on any atom is -0.348 e. The summed E-state index contributed by atoms with van der Waals surface area (Å²) in [6, 6.07) is 7.33. The van der Waals surface area contributed by atoms with Crippen molar-refractivity contribution in [3.05, 3.63) is 29.8 Å². The molecule has 0 aliphatic heterocycles. The largest absolute Gasteiger partial charge is 0.348 e. The van der Waals surface area contributed by atoms with Gasteiger partial charge >= 0.3 is 11.8 Å². The van der Waals surface area contributed by atoms with Crippen LogP contribution in [0.2, 0.25) is 0 Å². The van der Waals surface area contributed by atoms with E-state index < -0.39 is 11.8 Å². The third-order valence-electron chi connectivity index (χ3n) is 3.35. The zero-order chi connectivity index (χ0) is 15.7. The van der Waals surface area contributed by atoms with E-state index in [1.54, 1.807) is 12.1 Å². The quantitative estimate of drug-likeness (QED) is 0.594. The van der Waals surface area contributed by atoms with Crippen LogP contribution in [0.15, 0.2) is 24.3 Å². The average molecular weight is 291 g/mol. The fourth-order valence-electron chi connectivity index (χ4n) is 1.95. The molecule has 0 aromatic heterocycles. The molecule has 5 nitrogen and oxygen atoms in total. The van der Waals surface area contributed by atoms with E-state index in [1.807, 2.05) is 19.1 Å². The Balaban J connectivity index is 2.28. The van der Waals surface area contributed by atoms with E-state index in [4.69, 9.17) is 0 Å². The lowest BCUT2D eigenvalue weighted by Crippen LogP contribution is -2.37. The fourth-order valence-corrected chi connectivity index (χ4v) is 1.95. The summed E-state index contributed by atoms with van der Waals surface area (Å²) in [4.78, 5) is 25.6. The van der Waals surface area contributed by atoms with Crippen molar-refractivity contribution in [3.63, 3.8) is 0 Å². The van der Waals surface area contributed by atoms with E-state index >= 15 is 0 Å². The highest BCUT2D eigenvalue weighted by atomic mass is 16.2. The van der Waals surface area contributed by atoms with Gasteiger partial charge in [-0.2, -0.15) is 0 Å². The lowest BCUT2D eigenvalue weighted by molar-refractivity contribution is -0.136. The van der Waals surface area contributed by atoms with E-state index in [0.717, 1.165) is 31.6 Å². The van der Waals surface area contributed by atoms with Gasteiger partial charge in [0.2, 0.25) is 0 Å². The molecule has 1 aromatic rings. The molecule has 0 fully saturated rings. The number of carbonyl (C=O) groups is 2. The summed E-state index contributed by atoms with van der Waals surface area (Å²) < 4.78 is 0. The number of hydrogen-bond acceptors (Lipinski definition) is 3. The van der Waals surface area contributed by atoms with Gasteiger partial charge in [0.25, 0.3) is 0 Å². The smallest absolute Gasteiger partial charge is 0.313 e. The zero-order valence-corrected chi connectivity index (χ0v) is 13.1. The van der Waals surface area contributed by atoms with Gasteiger partial charge in [0, 0.05) is 12.2 Å². The molecule has 0 spiro atoms. The summed E-state index contributed by atoms with van der Waals surface area (Å²) in [5.41, 5.74) is 1.73. The van der Waals surface area contributed by atoms with Crippen LogP contribution < -0.4 is 10.6 Å². The fraction of sp³-hybridized carbons (Fsp3) is 0.500. The molecule has 0 aliphatic carbocycles. The minimum atomic E-state index is -0.623. The number of nitrogens with zero attached hydrogens (tertiary/aromatic N) is 1. The van der Waals surface area contributed by atoms with Crippen LogP contribution in [0.25, 0.3) is 0 Å². The van der Waals surface area contributed by atoms with E-state index in [0.29, 0.717) is 12.2 Å². The van der Waals surface area contributed by atoms with E-state index in [2.05, 4.69) is 29.4 Å². The van der Waals surface area contributed by atoms with Crippen LogP contribution in [-0.2, 0) is 9.59 Å². The van der Waals surface area contributed by atoms with E-state index in [9.17, 15) is 9.59 Å². The Kier molecular flexibility index (Phi) is 7.46. The first-order valence-electron chi connectivity index (χ1n) is 7.45. The number of carbonyl (C=O) groups excluding carboxylic acids is 2. The SMILES string of the molecule is CCN(CC)CCCNC(=O)C(=O)Nc1ccc(C)cc1. The second-order valence-electron chi connectivity index (χ2n) is 4.96. The molecule has 1 rings (SSSR count). The number of hydrogen-bond donors (Lipinski definition) is 2. The molecular formula is C16H25N3O2. The van der Waals surface area contributed by atoms with Crippen molar-refractivity contribution < 1.29 is 9.59 Å². The van der Waals surface area contributed by atoms with Gasteiger partial charge in [-0.1, -0.05) is 31.5 Å². The third-order valence-corrected chi connectivity index (χ3v) is 3.35. The number of benzene rings is 1. The topological polar surface area (TPSA) is 61.4 Å². The lowest BCUT2D eigenvalue weighted by Gasteiger charge is -2.17. The Morgan fingerprint density at radius 2 is 1.67 bits per heavy atom. The standard InChI is InChI=1S/C16H25N3O2/c1-4-19(5-2)12-6-11-17-15(20)16(21)18-14-9-7-13(3)8-10-14/h7-10H,4-6,11-12H2,1-3H3,(H,17,20)(H,18,21). The van der Waals surface area contributed by atoms with Gasteiger partial charge in [-0.15, -0.1) is 0 Å². The Hall–Kier alpha value is -1.88. The highest BCUT2D eigenvalue weighted by Crippen LogP contribution is 2.08. The van der Waals surface area contributed by atoms with E-state index in [-0.39, 0.29) is 0 Å². The number of anilines is 1. The van der Waals surface area contributed by atoms with Crippen molar-refractivity contribution >= 4 is 17.5 Å². The minimum absolute atomic E-state index is 0.511. The van der Waals surface area contributed by atoms with Gasteiger partial charge in [-0.3, -0.25) is 9.59 Å². The Bertz CT molecular complexity index is 453. The van der Waals surface area contributed by atoms with Crippen molar-refractivity contribution in [1.82, 2.24) is 10.2 Å². The van der Waals surface area contributed by atoms with Crippen molar-refractivity contribution in [2.24, 2.45) is 0 Å². The van der Waals surface area contributed by atoms with Gasteiger partial charge in [0.1, 0.15) is 0 Å². The van der Waals surface area contributed by atoms with Gasteiger partial charge in [-0.05, 0) is 45.1 Å². The Morgan fingerprint density at radius 1 is 1.05 bits per heavy atom. The summed E-state index contributed by atoms with van der Waals surface area (Å²) in [5, 5.41) is 5.22. The molecule has 0 unspecified atom stereocenters. The zero-order valence-electron chi connectivity index (χ0n) is 13.1. The van der Waals surface area contributed by atoms with Crippen LogP contribution in [-0.4, -0.2) is 42.9 Å². The second kappa shape index (κ2) is 9.13. The van der Waals surface area contributed by atoms with Crippen LogP contribution in [0, 0.1) is 6.92 Å². The molecule has 0 saturated carbocycles. The monoisotopic (exact) mass is 291 g/mol. The summed E-state index contributed by atoms with van der Waals surface area (Å²) in [6.45, 7) is 9.61. The van der Waals surface area contributed by atoms with Gasteiger partial charge in [-0.25, -0.2) is 0 Å². The number of aryl methyl sites for hydroxylation is 1. The first-order chi connectivity index (χ1) is 10.1. The highest BCUT2D eigenvalue weighted by molar-refractivity contribution is 6.39. The first kappa shape index (κ1) is 17.2. The Morgan fingerprint density at radius 3 is 2.24 bits per heavy atom. The number of rotatable bonds is 7. The van der Waals surface area contributed by atoms with Crippen LogP contribution in [0.1, 0.15) is 25.8 Å². The summed E-state index contributed by atoms with van der Waals surface area (Å²) in [5.74, 6) is -1.21. The average Bonchev–Trinajstić information content (AvgIpc) is 2.49. The molecule has 0 heterocycles. The first-order valence-corrected chi connectivity index (χ1v) is 7.45. The van der Waals surface area contributed by atoms with Crippen molar-refractivity contribution in [3.8, 4) is 0 Å². The maximum absolute atomic E-state index is 11.7. The second-order valence-corrected chi connectivity index (χ2v) is 4.96. The molecule has 0 aliphatic rings. The molecule has 116 valence electrons. The highest BCUT2D eigenvalue weighted by Gasteiger charge is 2.12. The predicted molar refractivity (Wildman–Crippen MR) is 85.2 cm³/mol. The van der Waals surface area contributed by atoms with Crippen molar-refractivity contribution in [2.75, 3.05) is 31.5 Å². The molecule has 21 heavy (non-hydrogen) atoms. The molecule has 0 radical (unpaired) electrons. The molecule has 2 amide bonds. The molecule has 0 bridgehead atoms. The lowest BCUT2D eigenvalue weighted by atomic mass is 10.2. The maximum atomic E-state index is 11.7. The van der Waals surface area contributed by atoms with E-state index in [1.165, 1.54) is 0 Å². The normalized spacial score (nSPS) is 10.5. The van der Waals surface area contributed by atoms with Crippen molar-refractivity contribution in [1.29, 1.82) is 0 Å². The summed E-state index contributed by atoms with van der Waals surface area (Å²) >= 11 is 0. The summed E-state index contributed by atoms with van der Waals surface area (Å²) in [6.07, 6.45) is 0.839. The summed E-state index contributed by atoms with van der Waals surface area (Å²) in [7, 11) is 0. The number of amides is 2. The van der Waals surface area contributed by atoms with Crippen molar-refractivity contribution in [2.45, 2.75) is 27.2 Å². The van der Waals surface area contributed by atoms with Gasteiger partial charge in [0.15, 0.2) is 0 Å². The molecule has 0 saturated heterocycles. The molecule has 0 atom stereocenters. The molecule has 1 aromatic carbocycles. The third kappa shape index (κ3) is 6.40. The predicted octanol–water partition coefficient (Wildman–Crippen LogP) is 1.78.